The topological polar surface area (TPSA) is 40.5 Å². The van der Waals surface area contributed by atoms with Gasteiger partial charge in [0.05, 0.1) is 0 Å². The minimum Gasteiger partial charge on any atom is -0.504 e. The molecule has 2 saturated carbocycles. The Morgan fingerprint density at radius 2 is 1.93 bits per heavy atom. The largest absolute Gasteiger partial charge is 0.504 e. The Morgan fingerprint density at radius 1 is 1.07 bits per heavy atom. The van der Waals surface area contributed by atoms with Crippen molar-refractivity contribution in [2.24, 2.45) is 11.8 Å². The number of hydrogen-bond acceptors (Lipinski definition) is 2. The third kappa shape index (κ3) is 1.31. The molecule has 0 radical (unpaired) electrons. The molecule has 2 aliphatic carbocycles. The van der Waals surface area contributed by atoms with Gasteiger partial charge in [0.15, 0.2) is 11.5 Å². The average molecular weight is 204 g/mol. The summed E-state index contributed by atoms with van der Waals surface area (Å²) in [5.41, 5.74) is 0.960. The lowest BCUT2D eigenvalue weighted by molar-refractivity contribution is 0.373. The summed E-state index contributed by atoms with van der Waals surface area (Å²) in [4.78, 5) is 0. The molecular formula is C13H16O2. The summed E-state index contributed by atoms with van der Waals surface area (Å²) in [5.74, 6) is 2.21. The van der Waals surface area contributed by atoms with E-state index < -0.39 is 0 Å². The number of benzene rings is 1. The number of hydrogen-bond donors (Lipinski definition) is 2. The molecule has 3 unspecified atom stereocenters. The van der Waals surface area contributed by atoms with Gasteiger partial charge in [0.25, 0.3) is 0 Å². The van der Waals surface area contributed by atoms with E-state index in [0.717, 1.165) is 17.4 Å². The maximum Gasteiger partial charge on any atom is 0.160 e. The van der Waals surface area contributed by atoms with Crippen molar-refractivity contribution in [3.05, 3.63) is 23.8 Å². The number of phenolic OH excluding ortho intramolecular Hbond substituents is 2. The third-order valence-corrected chi connectivity index (χ3v) is 4.18. The summed E-state index contributed by atoms with van der Waals surface area (Å²) in [5, 5.41) is 19.3. The van der Waals surface area contributed by atoms with Crippen LogP contribution in [0, 0.1) is 11.8 Å². The summed E-state index contributed by atoms with van der Waals surface area (Å²) >= 11 is 0. The van der Waals surface area contributed by atoms with Crippen molar-refractivity contribution in [1.29, 1.82) is 0 Å². The van der Waals surface area contributed by atoms with Crippen molar-refractivity contribution in [2.45, 2.75) is 31.6 Å². The molecule has 0 aromatic heterocycles. The predicted molar refractivity (Wildman–Crippen MR) is 58.0 cm³/mol. The first-order valence-electron chi connectivity index (χ1n) is 5.76. The van der Waals surface area contributed by atoms with E-state index in [9.17, 15) is 10.2 Å². The van der Waals surface area contributed by atoms with Gasteiger partial charge < -0.3 is 10.2 Å². The van der Waals surface area contributed by atoms with Gasteiger partial charge in [0.1, 0.15) is 0 Å². The number of rotatable bonds is 1. The second-order valence-electron chi connectivity index (χ2n) is 5.00. The Morgan fingerprint density at radius 3 is 2.60 bits per heavy atom. The van der Waals surface area contributed by atoms with Crippen molar-refractivity contribution in [3.8, 4) is 11.5 Å². The normalized spacial score (nSPS) is 33.5. The number of para-hydroxylation sites is 1. The van der Waals surface area contributed by atoms with Gasteiger partial charge in [-0.2, -0.15) is 0 Å². The van der Waals surface area contributed by atoms with E-state index in [2.05, 4.69) is 0 Å². The molecular weight excluding hydrogens is 188 g/mol. The Bertz CT molecular complexity index is 386. The van der Waals surface area contributed by atoms with E-state index in [1.54, 1.807) is 6.07 Å². The fraction of sp³-hybridized carbons (Fsp3) is 0.538. The molecule has 15 heavy (non-hydrogen) atoms. The Balaban J connectivity index is 1.96. The molecule has 2 heteroatoms. The van der Waals surface area contributed by atoms with Crippen LogP contribution < -0.4 is 0 Å². The van der Waals surface area contributed by atoms with E-state index in [1.807, 2.05) is 12.1 Å². The first kappa shape index (κ1) is 9.08. The second-order valence-corrected chi connectivity index (χ2v) is 5.00. The van der Waals surface area contributed by atoms with Crippen LogP contribution in [-0.2, 0) is 0 Å². The molecule has 3 atom stereocenters. The lowest BCUT2D eigenvalue weighted by Crippen LogP contribution is -2.08. The minimum atomic E-state index is 0.0234. The Labute approximate surface area is 89.6 Å². The molecule has 0 heterocycles. The van der Waals surface area contributed by atoms with Crippen LogP contribution in [0.2, 0.25) is 0 Å². The molecule has 2 bridgehead atoms. The van der Waals surface area contributed by atoms with E-state index in [1.165, 1.54) is 25.7 Å². The van der Waals surface area contributed by atoms with Gasteiger partial charge in [0.2, 0.25) is 0 Å². The highest BCUT2D eigenvalue weighted by atomic mass is 16.3. The highest BCUT2D eigenvalue weighted by molar-refractivity contribution is 5.46. The molecule has 2 nitrogen and oxygen atoms in total. The molecule has 2 fully saturated rings. The Kier molecular flexibility index (Phi) is 1.91. The van der Waals surface area contributed by atoms with Crippen molar-refractivity contribution in [2.75, 3.05) is 0 Å². The van der Waals surface area contributed by atoms with Crippen molar-refractivity contribution < 1.29 is 10.2 Å². The monoisotopic (exact) mass is 204 g/mol. The fourth-order valence-corrected chi connectivity index (χ4v) is 3.47. The van der Waals surface area contributed by atoms with E-state index in [0.29, 0.717) is 5.92 Å². The molecule has 2 aliphatic rings. The molecule has 1 aromatic rings. The standard InChI is InChI=1S/C13H16O2/c14-12-3-1-2-10(13(12)15)11-7-8-4-5-9(11)6-8/h1-3,8-9,11,14-15H,4-7H2. The minimum absolute atomic E-state index is 0.0234. The summed E-state index contributed by atoms with van der Waals surface area (Å²) < 4.78 is 0. The van der Waals surface area contributed by atoms with E-state index >= 15 is 0 Å². The van der Waals surface area contributed by atoms with Gasteiger partial charge in [-0.3, -0.25) is 0 Å². The molecule has 0 saturated heterocycles. The van der Waals surface area contributed by atoms with Crippen LogP contribution in [0.5, 0.6) is 11.5 Å². The summed E-state index contributed by atoms with van der Waals surface area (Å²) in [6, 6.07) is 5.34. The highest BCUT2D eigenvalue weighted by Crippen LogP contribution is 2.54. The van der Waals surface area contributed by atoms with Gasteiger partial charge in [-0.15, -0.1) is 0 Å². The Hall–Kier alpha value is -1.18. The first-order chi connectivity index (χ1) is 7.25. The van der Waals surface area contributed by atoms with Crippen molar-refractivity contribution in [1.82, 2.24) is 0 Å². The zero-order valence-electron chi connectivity index (χ0n) is 8.69. The van der Waals surface area contributed by atoms with Crippen molar-refractivity contribution >= 4 is 0 Å². The smallest absolute Gasteiger partial charge is 0.160 e. The van der Waals surface area contributed by atoms with Crippen LogP contribution in [0.4, 0.5) is 0 Å². The zero-order chi connectivity index (χ0) is 10.4. The molecule has 0 spiro atoms. The fourth-order valence-electron chi connectivity index (χ4n) is 3.47. The number of phenols is 2. The third-order valence-electron chi connectivity index (χ3n) is 4.18. The summed E-state index contributed by atoms with van der Waals surface area (Å²) in [6.45, 7) is 0. The van der Waals surface area contributed by atoms with Gasteiger partial charge in [-0.25, -0.2) is 0 Å². The second kappa shape index (κ2) is 3.16. The lowest BCUT2D eigenvalue weighted by Gasteiger charge is -2.22. The SMILES string of the molecule is Oc1cccc(C2CC3CCC2C3)c1O. The molecule has 0 amide bonds. The molecule has 3 rings (SSSR count). The molecule has 1 aromatic carbocycles. The molecule has 0 aliphatic heterocycles. The van der Waals surface area contributed by atoms with Crippen LogP contribution >= 0.6 is 0 Å². The predicted octanol–water partition coefficient (Wildman–Crippen LogP) is 3.00. The van der Waals surface area contributed by atoms with Crippen LogP contribution in [-0.4, -0.2) is 10.2 Å². The van der Waals surface area contributed by atoms with Gasteiger partial charge in [-0.05, 0) is 43.1 Å². The molecule has 80 valence electrons. The number of fused-ring (bicyclic) bond motifs is 2. The maximum atomic E-state index is 9.84. The van der Waals surface area contributed by atoms with Crippen LogP contribution in [0.3, 0.4) is 0 Å². The average Bonchev–Trinajstić information content (AvgIpc) is 2.83. The quantitative estimate of drug-likeness (QED) is 0.690. The van der Waals surface area contributed by atoms with Gasteiger partial charge in [-0.1, -0.05) is 18.6 Å². The summed E-state index contributed by atoms with van der Waals surface area (Å²) in [7, 11) is 0. The first-order valence-corrected chi connectivity index (χ1v) is 5.76. The van der Waals surface area contributed by atoms with E-state index in [-0.39, 0.29) is 11.5 Å². The summed E-state index contributed by atoms with van der Waals surface area (Å²) in [6.07, 6.45) is 5.17. The highest BCUT2D eigenvalue weighted by Gasteiger charge is 2.41. The van der Waals surface area contributed by atoms with Crippen molar-refractivity contribution in [3.63, 3.8) is 0 Å². The van der Waals surface area contributed by atoms with Gasteiger partial charge in [0, 0.05) is 5.56 Å². The van der Waals surface area contributed by atoms with Crippen LogP contribution in [0.1, 0.15) is 37.2 Å². The molecule has 2 N–H and O–H groups in total. The van der Waals surface area contributed by atoms with E-state index in [4.69, 9.17) is 0 Å². The zero-order valence-corrected chi connectivity index (χ0v) is 8.69. The number of aromatic hydroxyl groups is 2. The maximum absolute atomic E-state index is 9.84. The van der Waals surface area contributed by atoms with Crippen LogP contribution in [0.25, 0.3) is 0 Å². The van der Waals surface area contributed by atoms with Gasteiger partial charge >= 0.3 is 0 Å². The lowest BCUT2D eigenvalue weighted by atomic mass is 9.83. The van der Waals surface area contributed by atoms with Crippen LogP contribution in [0.15, 0.2) is 18.2 Å².